The first-order chi connectivity index (χ1) is 16.5. The van der Waals surface area contributed by atoms with Crippen molar-refractivity contribution in [3.63, 3.8) is 0 Å². The van der Waals surface area contributed by atoms with Crippen molar-refractivity contribution in [1.29, 1.82) is 0 Å². The Kier molecular flexibility index (Phi) is 6.73. The average molecular weight is 469 g/mol. The Balaban J connectivity index is 1.21. The maximum absolute atomic E-state index is 13.5. The quantitative estimate of drug-likeness (QED) is 0.549. The number of hydrogen-bond acceptors (Lipinski definition) is 6. The highest BCUT2D eigenvalue weighted by Crippen LogP contribution is 2.25. The number of nitrogens with one attached hydrogen (secondary N) is 2. The number of ether oxygens (including phenoxy) is 1. The number of likely N-dealkylation sites (tertiary alicyclic amines) is 1. The van der Waals surface area contributed by atoms with Gasteiger partial charge >= 0.3 is 0 Å². The molecule has 0 spiro atoms. The van der Waals surface area contributed by atoms with E-state index in [0.29, 0.717) is 18.0 Å². The lowest BCUT2D eigenvalue weighted by Gasteiger charge is -2.39. The minimum absolute atomic E-state index is 0.275. The van der Waals surface area contributed by atoms with Crippen LogP contribution in [0.2, 0.25) is 0 Å². The third-order valence-corrected chi connectivity index (χ3v) is 6.54. The molecule has 2 aromatic carbocycles. The van der Waals surface area contributed by atoms with E-state index in [0.717, 1.165) is 75.0 Å². The van der Waals surface area contributed by atoms with E-state index in [2.05, 4.69) is 31.7 Å². The van der Waals surface area contributed by atoms with Gasteiger partial charge in [0.25, 0.3) is 0 Å². The lowest BCUT2D eigenvalue weighted by molar-refractivity contribution is 0.0262. The van der Waals surface area contributed by atoms with Crippen LogP contribution < -0.4 is 10.6 Å². The van der Waals surface area contributed by atoms with E-state index in [1.165, 1.54) is 23.1 Å². The molecule has 0 amide bonds. The first-order valence-electron chi connectivity index (χ1n) is 11.9. The topological polar surface area (TPSA) is 67.2 Å². The minimum atomic E-state index is -0.659. The van der Waals surface area contributed by atoms with E-state index in [1.807, 2.05) is 19.1 Å². The Labute approximate surface area is 198 Å². The maximum atomic E-state index is 13.5. The molecule has 0 unspecified atom stereocenters. The van der Waals surface area contributed by atoms with Gasteiger partial charge in [0.15, 0.2) is 0 Å². The second-order valence-corrected chi connectivity index (χ2v) is 9.15. The van der Waals surface area contributed by atoms with Gasteiger partial charge in [-0.05, 0) is 68.5 Å². The zero-order valence-corrected chi connectivity index (χ0v) is 19.3. The lowest BCUT2D eigenvalue weighted by atomic mass is 9.99. The van der Waals surface area contributed by atoms with Crippen molar-refractivity contribution >= 4 is 17.3 Å². The normalized spacial score (nSPS) is 18.2. The SMILES string of the molecule is Cc1cc(Nc2ncn(-c3cc(F)cc(F)c3)n2)cc(NC2CCN(C3CCOCC3)CC2)c1. The number of aryl methyl sites for hydroxylation is 1. The third-order valence-electron chi connectivity index (χ3n) is 6.54. The van der Waals surface area contributed by atoms with E-state index in [4.69, 9.17) is 4.74 Å². The monoisotopic (exact) mass is 468 g/mol. The first-order valence-corrected chi connectivity index (χ1v) is 11.9. The second-order valence-electron chi connectivity index (χ2n) is 9.15. The van der Waals surface area contributed by atoms with Gasteiger partial charge in [-0.3, -0.25) is 0 Å². The van der Waals surface area contributed by atoms with Crippen molar-refractivity contribution in [2.24, 2.45) is 0 Å². The molecule has 2 aliphatic rings. The zero-order chi connectivity index (χ0) is 23.5. The molecule has 7 nitrogen and oxygen atoms in total. The van der Waals surface area contributed by atoms with Gasteiger partial charge in [-0.1, -0.05) is 0 Å². The van der Waals surface area contributed by atoms with E-state index in [9.17, 15) is 8.78 Å². The van der Waals surface area contributed by atoms with E-state index in [-0.39, 0.29) is 5.69 Å². The summed E-state index contributed by atoms with van der Waals surface area (Å²) in [6, 6.07) is 10.6. The Bertz CT molecular complexity index is 1100. The maximum Gasteiger partial charge on any atom is 0.246 e. The molecule has 0 bridgehead atoms. The van der Waals surface area contributed by atoms with Crippen LogP contribution >= 0.6 is 0 Å². The molecular formula is C25H30F2N6O. The van der Waals surface area contributed by atoms with Crippen molar-refractivity contribution in [3.05, 3.63) is 59.9 Å². The fourth-order valence-electron chi connectivity index (χ4n) is 4.88. The van der Waals surface area contributed by atoms with Gasteiger partial charge in [0.05, 0.1) is 5.69 Å². The summed E-state index contributed by atoms with van der Waals surface area (Å²) in [5.74, 6) is -0.966. The Hall–Kier alpha value is -3.04. The highest BCUT2D eigenvalue weighted by atomic mass is 19.1. The van der Waals surface area contributed by atoms with Crippen molar-refractivity contribution < 1.29 is 13.5 Å². The fourth-order valence-corrected chi connectivity index (χ4v) is 4.88. The number of hydrogen-bond donors (Lipinski definition) is 2. The van der Waals surface area contributed by atoms with E-state index in [1.54, 1.807) is 0 Å². The minimum Gasteiger partial charge on any atom is -0.382 e. The Morgan fingerprint density at radius 1 is 0.912 bits per heavy atom. The highest BCUT2D eigenvalue weighted by molar-refractivity contribution is 5.63. The van der Waals surface area contributed by atoms with Crippen LogP contribution in [0.1, 0.15) is 31.2 Å². The standard InChI is InChI=1S/C25H30F2N6O/c1-17-10-21(29-20-2-6-32(7-3-20)23-4-8-34-9-5-23)15-22(11-17)30-25-28-16-33(31-25)24-13-18(26)12-19(27)14-24/h10-16,20,23,29H,2-9H2,1H3,(H,30,31). The molecule has 2 fully saturated rings. The van der Waals surface area contributed by atoms with Crippen molar-refractivity contribution in [3.8, 4) is 5.69 Å². The predicted octanol–water partition coefficient (Wildman–Crippen LogP) is 4.65. The van der Waals surface area contributed by atoms with E-state index >= 15 is 0 Å². The van der Waals surface area contributed by atoms with Crippen LogP contribution in [0.15, 0.2) is 42.7 Å². The molecule has 3 aromatic rings. The second kappa shape index (κ2) is 10.1. The highest BCUT2D eigenvalue weighted by Gasteiger charge is 2.26. The predicted molar refractivity (Wildman–Crippen MR) is 128 cm³/mol. The summed E-state index contributed by atoms with van der Waals surface area (Å²) in [5, 5.41) is 11.2. The number of piperidine rings is 1. The van der Waals surface area contributed by atoms with Crippen LogP contribution in [-0.4, -0.2) is 58.1 Å². The number of benzene rings is 2. The summed E-state index contributed by atoms with van der Waals surface area (Å²) >= 11 is 0. The zero-order valence-electron chi connectivity index (χ0n) is 19.3. The van der Waals surface area contributed by atoms with E-state index < -0.39 is 11.6 Å². The Morgan fingerprint density at radius 3 is 2.35 bits per heavy atom. The molecule has 0 radical (unpaired) electrons. The van der Waals surface area contributed by atoms with Crippen LogP contribution in [0.5, 0.6) is 0 Å². The summed E-state index contributed by atoms with van der Waals surface area (Å²) in [6.07, 6.45) is 5.94. The molecule has 1 aromatic heterocycles. The molecule has 9 heteroatoms. The average Bonchev–Trinajstić information content (AvgIpc) is 3.28. The molecule has 34 heavy (non-hydrogen) atoms. The van der Waals surface area contributed by atoms with Gasteiger partial charge in [-0.25, -0.2) is 13.5 Å². The molecule has 0 aliphatic carbocycles. The lowest BCUT2D eigenvalue weighted by Crippen LogP contribution is -2.46. The molecule has 0 saturated carbocycles. The summed E-state index contributed by atoms with van der Waals surface area (Å²) < 4.78 is 33.9. The third kappa shape index (κ3) is 5.53. The molecular weight excluding hydrogens is 438 g/mol. The number of halogens is 2. The molecule has 2 saturated heterocycles. The van der Waals surface area contributed by atoms with Crippen LogP contribution in [0.3, 0.4) is 0 Å². The summed E-state index contributed by atoms with van der Waals surface area (Å²) in [5.41, 5.74) is 3.29. The van der Waals surface area contributed by atoms with Crippen molar-refractivity contribution in [2.45, 2.75) is 44.7 Å². The van der Waals surface area contributed by atoms with Gasteiger partial charge in [0.1, 0.15) is 18.0 Å². The van der Waals surface area contributed by atoms with Crippen LogP contribution in [0, 0.1) is 18.6 Å². The van der Waals surface area contributed by atoms with Gasteiger partial charge in [-0.2, -0.15) is 4.98 Å². The summed E-state index contributed by atoms with van der Waals surface area (Å²) in [4.78, 5) is 6.86. The van der Waals surface area contributed by atoms with Crippen LogP contribution in [0.4, 0.5) is 26.1 Å². The molecule has 5 rings (SSSR count). The molecule has 180 valence electrons. The number of anilines is 3. The molecule has 3 heterocycles. The number of aromatic nitrogens is 3. The largest absolute Gasteiger partial charge is 0.382 e. The number of nitrogens with zero attached hydrogens (tertiary/aromatic N) is 4. The van der Waals surface area contributed by atoms with Gasteiger partial charge < -0.3 is 20.3 Å². The van der Waals surface area contributed by atoms with Crippen molar-refractivity contribution in [1.82, 2.24) is 19.7 Å². The van der Waals surface area contributed by atoms with Gasteiger partial charge in [0.2, 0.25) is 5.95 Å². The van der Waals surface area contributed by atoms with Crippen molar-refractivity contribution in [2.75, 3.05) is 36.9 Å². The molecule has 2 N–H and O–H groups in total. The number of rotatable bonds is 6. The molecule has 0 atom stereocenters. The smallest absolute Gasteiger partial charge is 0.246 e. The van der Waals surface area contributed by atoms with Crippen LogP contribution in [0.25, 0.3) is 5.69 Å². The van der Waals surface area contributed by atoms with Gasteiger partial charge in [-0.15, -0.1) is 5.10 Å². The summed E-state index contributed by atoms with van der Waals surface area (Å²) in [6.45, 7) is 6.04. The fraction of sp³-hybridized carbons (Fsp3) is 0.440. The Morgan fingerprint density at radius 2 is 1.62 bits per heavy atom. The first kappa shape index (κ1) is 22.7. The van der Waals surface area contributed by atoms with Gasteiger partial charge in [0, 0.05) is 55.8 Å². The summed E-state index contributed by atoms with van der Waals surface area (Å²) in [7, 11) is 0. The van der Waals surface area contributed by atoms with Crippen LogP contribution in [-0.2, 0) is 4.74 Å². The molecule has 2 aliphatic heterocycles.